The predicted molar refractivity (Wildman–Crippen MR) is 93.1 cm³/mol. The van der Waals surface area contributed by atoms with Crippen molar-refractivity contribution >= 4 is 5.97 Å². The van der Waals surface area contributed by atoms with E-state index < -0.39 is 0 Å². The number of carbonyl (C=O) groups is 1. The lowest BCUT2D eigenvalue weighted by molar-refractivity contribution is -0.888. The Kier molecular flexibility index (Phi) is 4.67. The first-order chi connectivity index (χ1) is 12.0. The second-order valence-corrected chi connectivity index (χ2v) is 8.86. The normalized spacial score (nSPS) is 40.0. The fourth-order valence-corrected chi connectivity index (χ4v) is 5.61. The van der Waals surface area contributed by atoms with Crippen molar-refractivity contribution in [1.29, 1.82) is 0 Å². The third-order valence-electron chi connectivity index (χ3n) is 6.95. The lowest BCUT2D eigenvalue weighted by atomic mass is 9.59. The minimum Gasteiger partial charge on any atom is -0.462 e. The molecule has 2 aliphatic carbocycles. The molecule has 0 aromatic carbocycles. The number of carbonyl (C=O) groups excluding carboxylic acids is 1. The van der Waals surface area contributed by atoms with Crippen LogP contribution >= 0.6 is 0 Å². The maximum Gasteiger partial charge on any atom is 0.315 e. The Labute approximate surface area is 150 Å². The molecule has 2 aliphatic heterocycles. The van der Waals surface area contributed by atoms with Crippen molar-refractivity contribution in [3.8, 4) is 0 Å². The molecule has 0 aromatic heterocycles. The summed E-state index contributed by atoms with van der Waals surface area (Å²) in [5, 5.41) is 0. The Morgan fingerprint density at radius 2 is 2.00 bits per heavy atom. The summed E-state index contributed by atoms with van der Waals surface area (Å²) in [7, 11) is 2.13. The second kappa shape index (κ2) is 6.67. The van der Waals surface area contributed by atoms with Crippen molar-refractivity contribution in [2.24, 2.45) is 17.3 Å². The van der Waals surface area contributed by atoms with Gasteiger partial charge in [-0.05, 0) is 44.4 Å². The predicted octanol–water partition coefficient (Wildman–Crippen LogP) is 1.33. The standard InChI is InChI=1S/C20H31NO4/c1-13-5-4-6-20(2)10-17-14(9-16(13)20)15(19(22)25-17)11-21(3)12-18-23-7-8-24-18/h14-15,17-18H,4-12H2,1-3H3/p+1/t14-,15+,17-,20-/m1/s1. The van der Waals surface area contributed by atoms with E-state index in [9.17, 15) is 4.79 Å². The fraction of sp³-hybridized carbons (Fsp3) is 0.850. The molecular weight excluding hydrogens is 318 g/mol. The Morgan fingerprint density at radius 1 is 1.24 bits per heavy atom. The monoisotopic (exact) mass is 350 g/mol. The summed E-state index contributed by atoms with van der Waals surface area (Å²) in [6.45, 7) is 7.65. The van der Waals surface area contributed by atoms with E-state index in [0.29, 0.717) is 19.1 Å². The zero-order valence-electron chi connectivity index (χ0n) is 15.8. The summed E-state index contributed by atoms with van der Waals surface area (Å²) in [4.78, 5) is 13.9. The van der Waals surface area contributed by atoms with Gasteiger partial charge >= 0.3 is 5.97 Å². The largest absolute Gasteiger partial charge is 0.462 e. The first-order valence-corrected chi connectivity index (χ1v) is 9.90. The molecule has 2 heterocycles. The van der Waals surface area contributed by atoms with Gasteiger partial charge in [0.15, 0.2) is 0 Å². The van der Waals surface area contributed by atoms with Gasteiger partial charge < -0.3 is 19.1 Å². The Balaban J connectivity index is 1.46. The van der Waals surface area contributed by atoms with E-state index in [4.69, 9.17) is 14.2 Å². The van der Waals surface area contributed by atoms with Crippen LogP contribution in [0.4, 0.5) is 0 Å². The van der Waals surface area contributed by atoms with Gasteiger partial charge in [-0.1, -0.05) is 18.1 Å². The second-order valence-electron chi connectivity index (χ2n) is 8.86. The number of rotatable bonds is 4. The average molecular weight is 350 g/mol. The number of fused-ring (bicyclic) bond motifs is 2. The number of ether oxygens (including phenoxy) is 3. The molecule has 0 amide bonds. The van der Waals surface area contributed by atoms with E-state index in [0.717, 1.165) is 25.9 Å². The Hall–Kier alpha value is -0.910. The highest BCUT2D eigenvalue weighted by atomic mass is 16.7. The van der Waals surface area contributed by atoms with Gasteiger partial charge in [-0.3, -0.25) is 4.79 Å². The van der Waals surface area contributed by atoms with Gasteiger partial charge in [-0.2, -0.15) is 0 Å². The summed E-state index contributed by atoms with van der Waals surface area (Å²) in [5.74, 6) is 0.380. The van der Waals surface area contributed by atoms with Gasteiger partial charge in [0.25, 0.3) is 0 Å². The van der Waals surface area contributed by atoms with E-state index >= 15 is 0 Å². The van der Waals surface area contributed by atoms with Crippen LogP contribution in [0.15, 0.2) is 11.1 Å². The smallest absolute Gasteiger partial charge is 0.315 e. The first kappa shape index (κ1) is 17.5. The summed E-state index contributed by atoms with van der Waals surface area (Å²) in [6, 6.07) is 0. The van der Waals surface area contributed by atoms with E-state index in [2.05, 4.69) is 20.9 Å². The summed E-state index contributed by atoms with van der Waals surface area (Å²) >= 11 is 0. The van der Waals surface area contributed by atoms with Gasteiger partial charge in [-0.15, -0.1) is 0 Å². The van der Waals surface area contributed by atoms with Crippen molar-refractivity contribution < 1.29 is 23.9 Å². The van der Waals surface area contributed by atoms with Crippen molar-refractivity contribution in [1.82, 2.24) is 0 Å². The maximum absolute atomic E-state index is 12.6. The van der Waals surface area contributed by atoms with E-state index in [1.807, 2.05) is 0 Å². The minimum absolute atomic E-state index is 0.0122. The minimum atomic E-state index is -0.119. The molecule has 5 atom stereocenters. The number of hydrogen-bond donors (Lipinski definition) is 1. The highest BCUT2D eigenvalue weighted by molar-refractivity contribution is 5.75. The molecule has 3 fully saturated rings. The number of quaternary nitrogens is 1. The van der Waals surface area contributed by atoms with Crippen LogP contribution in [-0.4, -0.2) is 51.7 Å². The molecule has 0 spiro atoms. The molecular formula is C20H32NO4+. The highest BCUT2D eigenvalue weighted by Gasteiger charge is 2.53. The van der Waals surface area contributed by atoms with E-state index in [1.165, 1.54) is 24.2 Å². The van der Waals surface area contributed by atoms with Gasteiger partial charge in [0.1, 0.15) is 18.6 Å². The van der Waals surface area contributed by atoms with Crippen molar-refractivity contribution in [3.63, 3.8) is 0 Å². The molecule has 1 unspecified atom stereocenters. The average Bonchev–Trinajstić information content (AvgIpc) is 3.14. The van der Waals surface area contributed by atoms with Gasteiger partial charge in [0, 0.05) is 5.92 Å². The van der Waals surface area contributed by atoms with Crippen LogP contribution in [0, 0.1) is 17.3 Å². The lowest BCUT2D eigenvalue weighted by Crippen LogP contribution is -3.11. The number of nitrogens with one attached hydrogen (secondary N) is 1. The summed E-state index contributed by atoms with van der Waals surface area (Å²) in [5.41, 5.74) is 3.45. The van der Waals surface area contributed by atoms with Gasteiger partial charge in [0.2, 0.25) is 6.29 Å². The number of likely N-dealkylation sites (N-methyl/N-ethyl adjacent to an activating group) is 1. The van der Waals surface area contributed by atoms with Crippen LogP contribution in [-0.2, 0) is 19.0 Å². The summed E-state index contributed by atoms with van der Waals surface area (Å²) < 4.78 is 17.0. The number of allylic oxidation sites excluding steroid dienone is 2. The Morgan fingerprint density at radius 3 is 2.76 bits per heavy atom. The quantitative estimate of drug-likeness (QED) is 0.614. The first-order valence-electron chi connectivity index (χ1n) is 9.90. The molecule has 0 aromatic rings. The molecule has 4 aliphatic rings. The van der Waals surface area contributed by atoms with Gasteiger partial charge in [-0.25, -0.2) is 0 Å². The zero-order chi connectivity index (χ0) is 17.6. The van der Waals surface area contributed by atoms with Crippen LogP contribution in [0.25, 0.3) is 0 Å². The molecule has 4 rings (SSSR count). The fourth-order valence-electron chi connectivity index (χ4n) is 5.61. The molecule has 140 valence electrons. The molecule has 1 saturated carbocycles. The zero-order valence-corrected chi connectivity index (χ0v) is 15.8. The SMILES string of the molecule is CC1=C2C[C@@H]3[C@H](C[NH+](C)CC4OCCO4)C(=O)O[C@@H]3C[C@@]2(C)CCC1. The molecule has 1 N–H and O–H groups in total. The molecule has 0 radical (unpaired) electrons. The molecule has 5 heteroatoms. The van der Waals surface area contributed by atoms with Crippen molar-refractivity contribution in [2.75, 3.05) is 33.4 Å². The van der Waals surface area contributed by atoms with Gasteiger partial charge in [0.05, 0.1) is 26.8 Å². The number of esters is 1. The maximum atomic E-state index is 12.6. The van der Waals surface area contributed by atoms with Crippen molar-refractivity contribution in [3.05, 3.63) is 11.1 Å². The third-order valence-corrected chi connectivity index (χ3v) is 6.95. The van der Waals surface area contributed by atoms with E-state index in [1.54, 1.807) is 11.1 Å². The summed E-state index contributed by atoms with van der Waals surface area (Å²) in [6.07, 6.45) is 5.80. The van der Waals surface area contributed by atoms with E-state index in [-0.39, 0.29) is 29.7 Å². The van der Waals surface area contributed by atoms with Crippen LogP contribution < -0.4 is 4.90 Å². The highest BCUT2D eigenvalue weighted by Crippen LogP contribution is 2.54. The number of hydrogen-bond acceptors (Lipinski definition) is 4. The van der Waals surface area contributed by atoms with Crippen molar-refractivity contribution in [2.45, 2.75) is 58.3 Å². The molecule has 5 nitrogen and oxygen atoms in total. The molecule has 0 bridgehead atoms. The Bertz CT molecular complexity index is 568. The molecule has 25 heavy (non-hydrogen) atoms. The lowest BCUT2D eigenvalue weighted by Gasteiger charge is -2.45. The van der Waals surface area contributed by atoms with Crippen LogP contribution in [0.2, 0.25) is 0 Å². The topological polar surface area (TPSA) is 49.2 Å². The molecule has 2 saturated heterocycles. The van der Waals surface area contributed by atoms with Crippen LogP contribution in [0.3, 0.4) is 0 Å². The third kappa shape index (κ3) is 3.26. The van der Waals surface area contributed by atoms with Crippen LogP contribution in [0.1, 0.15) is 46.0 Å². The van der Waals surface area contributed by atoms with Crippen LogP contribution in [0.5, 0.6) is 0 Å².